The van der Waals surface area contributed by atoms with Crippen molar-refractivity contribution in [3.05, 3.63) is 34.6 Å². The Bertz CT molecular complexity index is 360. The normalized spacial score (nSPS) is 12.7. The van der Waals surface area contributed by atoms with Crippen LogP contribution in [0, 0.1) is 5.82 Å². The Morgan fingerprint density at radius 2 is 2.22 bits per heavy atom. The maximum atomic E-state index is 13.0. The lowest BCUT2D eigenvalue weighted by atomic mass is 10.0. The molecule has 1 rings (SSSR count). The molecular weight excluding hydrogens is 253 g/mol. The molecule has 1 N–H and O–H groups in total. The third kappa shape index (κ3) is 4.92. The zero-order valence-electron chi connectivity index (χ0n) is 11.0. The van der Waals surface area contributed by atoms with E-state index in [1.54, 1.807) is 13.2 Å². The first-order valence-corrected chi connectivity index (χ1v) is 6.74. The number of ether oxygens (including phenoxy) is 1. The maximum Gasteiger partial charge on any atom is 0.124 e. The second kappa shape index (κ2) is 8.46. The molecule has 0 saturated heterocycles. The lowest BCUT2D eigenvalue weighted by Crippen LogP contribution is -2.23. The topological polar surface area (TPSA) is 21.3 Å². The van der Waals surface area contributed by atoms with Crippen molar-refractivity contribution in [2.45, 2.75) is 32.2 Å². The van der Waals surface area contributed by atoms with E-state index < -0.39 is 0 Å². The highest BCUT2D eigenvalue weighted by atomic mass is 35.5. The SMILES string of the molecule is CCCNC(CCCOC)c1ccc(F)cc1Cl. The number of benzene rings is 1. The molecule has 102 valence electrons. The average molecular weight is 274 g/mol. The van der Waals surface area contributed by atoms with Crippen LogP contribution in [-0.4, -0.2) is 20.3 Å². The minimum Gasteiger partial charge on any atom is -0.385 e. The van der Waals surface area contributed by atoms with Crippen LogP contribution in [0.4, 0.5) is 4.39 Å². The highest BCUT2D eigenvalue weighted by Crippen LogP contribution is 2.27. The summed E-state index contributed by atoms with van der Waals surface area (Å²) in [5.41, 5.74) is 0.961. The van der Waals surface area contributed by atoms with Gasteiger partial charge in [0.2, 0.25) is 0 Å². The highest BCUT2D eigenvalue weighted by Gasteiger charge is 2.14. The summed E-state index contributed by atoms with van der Waals surface area (Å²) in [6, 6.07) is 4.75. The van der Waals surface area contributed by atoms with E-state index in [0.29, 0.717) is 5.02 Å². The summed E-state index contributed by atoms with van der Waals surface area (Å²) in [7, 11) is 1.69. The number of rotatable bonds is 8. The van der Waals surface area contributed by atoms with Crippen molar-refractivity contribution in [2.75, 3.05) is 20.3 Å². The number of nitrogens with one attached hydrogen (secondary N) is 1. The largest absolute Gasteiger partial charge is 0.385 e. The van der Waals surface area contributed by atoms with Gasteiger partial charge in [-0.1, -0.05) is 24.6 Å². The number of halogens is 2. The molecule has 1 aromatic rings. The van der Waals surface area contributed by atoms with Crippen molar-refractivity contribution in [2.24, 2.45) is 0 Å². The van der Waals surface area contributed by atoms with E-state index in [9.17, 15) is 4.39 Å². The van der Waals surface area contributed by atoms with Crippen molar-refractivity contribution in [1.82, 2.24) is 5.32 Å². The van der Waals surface area contributed by atoms with Gasteiger partial charge in [0.25, 0.3) is 0 Å². The fraction of sp³-hybridized carbons (Fsp3) is 0.571. The van der Waals surface area contributed by atoms with Crippen LogP contribution in [-0.2, 0) is 4.74 Å². The molecule has 1 aromatic carbocycles. The van der Waals surface area contributed by atoms with Gasteiger partial charge in [-0.05, 0) is 43.5 Å². The van der Waals surface area contributed by atoms with Crippen LogP contribution in [0.5, 0.6) is 0 Å². The van der Waals surface area contributed by atoms with E-state index in [4.69, 9.17) is 16.3 Å². The minimum absolute atomic E-state index is 0.160. The van der Waals surface area contributed by atoms with Gasteiger partial charge in [0.15, 0.2) is 0 Å². The monoisotopic (exact) mass is 273 g/mol. The van der Waals surface area contributed by atoms with E-state index in [1.165, 1.54) is 12.1 Å². The minimum atomic E-state index is -0.296. The molecule has 4 heteroatoms. The lowest BCUT2D eigenvalue weighted by molar-refractivity contribution is 0.188. The van der Waals surface area contributed by atoms with Gasteiger partial charge in [0.1, 0.15) is 5.82 Å². The van der Waals surface area contributed by atoms with Crippen molar-refractivity contribution >= 4 is 11.6 Å². The Kier molecular flexibility index (Phi) is 7.25. The Balaban J connectivity index is 2.73. The molecule has 0 fully saturated rings. The van der Waals surface area contributed by atoms with Crippen LogP contribution in [0.1, 0.15) is 37.8 Å². The fourth-order valence-corrected chi connectivity index (χ4v) is 2.20. The number of hydrogen-bond acceptors (Lipinski definition) is 2. The molecule has 0 spiro atoms. The van der Waals surface area contributed by atoms with Gasteiger partial charge in [0, 0.05) is 24.8 Å². The molecule has 2 nitrogen and oxygen atoms in total. The highest BCUT2D eigenvalue weighted by molar-refractivity contribution is 6.31. The first-order valence-electron chi connectivity index (χ1n) is 6.36. The second-order valence-corrected chi connectivity index (χ2v) is 4.71. The fourth-order valence-electron chi connectivity index (χ4n) is 1.90. The smallest absolute Gasteiger partial charge is 0.124 e. The molecular formula is C14H21ClFNO. The lowest BCUT2D eigenvalue weighted by Gasteiger charge is -2.20. The molecule has 0 aromatic heterocycles. The summed E-state index contributed by atoms with van der Waals surface area (Å²) in [5.74, 6) is -0.296. The van der Waals surface area contributed by atoms with Gasteiger partial charge in [-0.15, -0.1) is 0 Å². The zero-order valence-corrected chi connectivity index (χ0v) is 11.8. The van der Waals surface area contributed by atoms with Crippen LogP contribution in [0.25, 0.3) is 0 Å². The van der Waals surface area contributed by atoms with Crippen molar-refractivity contribution in [1.29, 1.82) is 0 Å². The maximum absolute atomic E-state index is 13.0. The molecule has 0 aliphatic rings. The predicted molar refractivity (Wildman–Crippen MR) is 73.6 cm³/mol. The quantitative estimate of drug-likeness (QED) is 0.724. The van der Waals surface area contributed by atoms with E-state index >= 15 is 0 Å². The number of hydrogen-bond donors (Lipinski definition) is 1. The average Bonchev–Trinajstić information content (AvgIpc) is 2.34. The third-order valence-corrected chi connectivity index (χ3v) is 3.15. The molecule has 0 heterocycles. The standard InChI is InChI=1S/C14H21ClFNO/c1-3-8-17-14(5-4-9-18-2)12-7-6-11(16)10-13(12)15/h6-7,10,14,17H,3-5,8-9H2,1-2H3. The Labute approximate surface area is 113 Å². The number of methoxy groups -OCH3 is 1. The van der Waals surface area contributed by atoms with Crippen molar-refractivity contribution in [3.8, 4) is 0 Å². The summed E-state index contributed by atoms with van der Waals surface area (Å²) >= 11 is 6.10. The third-order valence-electron chi connectivity index (χ3n) is 2.82. The predicted octanol–water partition coefficient (Wildman–Crippen LogP) is 3.95. The first kappa shape index (κ1) is 15.4. The molecule has 18 heavy (non-hydrogen) atoms. The molecule has 0 bridgehead atoms. The summed E-state index contributed by atoms with van der Waals surface area (Å²) in [6.45, 7) is 3.76. The Hall–Kier alpha value is -0.640. The molecule has 0 aliphatic heterocycles. The second-order valence-electron chi connectivity index (χ2n) is 4.31. The molecule has 1 unspecified atom stereocenters. The van der Waals surface area contributed by atoms with Gasteiger partial charge < -0.3 is 10.1 Å². The van der Waals surface area contributed by atoms with Crippen LogP contribution < -0.4 is 5.32 Å². The summed E-state index contributed by atoms with van der Waals surface area (Å²) in [4.78, 5) is 0. The summed E-state index contributed by atoms with van der Waals surface area (Å²) in [5, 5.41) is 3.93. The van der Waals surface area contributed by atoms with Gasteiger partial charge in [-0.2, -0.15) is 0 Å². The van der Waals surface area contributed by atoms with Gasteiger partial charge in [0.05, 0.1) is 0 Å². The molecule has 0 radical (unpaired) electrons. The van der Waals surface area contributed by atoms with Gasteiger partial charge in [-0.25, -0.2) is 4.39 Å². The van der Waals surface area contributed by atoms with Crippen LogP contribution in [0.2, 0.25) is 5.02 Å². The molecule has 0 amide bonds. The summed E-state index contributed by atoms with van der Waals surface area (Å²) < 4.78 is 18.1. The van der Waals surface area contributed by atoms with E-state index in [2.05, 4.69) is 12.2 Å². The van der Waals surface area contributed by atoms with Crippen molar-refractivity contribution in [3.63, 3.8) is 0 Å². The van der Waals surface area contributed by atoms with Crippen LogP contribution in [0.3, 0.4) is 0 Å². The van der Waals surface area contributed by atoms with E-state index in [1.807, 2.05) is 0 Å². The summed E-state index contributed by atoms with van der Waals surface area (Å²) in [6.07, 6.45) is 2.93. The van der Waals surface area contributed by atoms with E-state index in [0.717, 1.165) is 38.0 Å². The molecule has 0 saturated carbocycles. The Morgan fingerprint density at radius 3 is 2.83 bits per heavy atom. The first-order chi connectivity index (χ1) is 8.69. The van der Waals surface area contributed by atoms with Crippen LogP contribution >= 0.6 is 11.6 Å². The molecule has 1 atom stereocenters. The Morgan fingerprint density at radius 1 is 1.44 bits per heavy atom. The van der Waals surface area contributed by atoms with Gasteiger partial charge >= 0.3 is 0 Å². The van der Waals surface area contributed by atoms with Gasteiger partial charge in [-0.3, -0.25) is 0 Å². The van der Waals surface area contributed by atoms with Crippen LogP contribution in [0.15, 0.2) is 18.2 Å². The van der Waals surface area contributed by atoms with Crippen molar-refractivity contribution < 1.29 is 9.13 Å². The van der Waals surface area contributed by atoms with E-state index in [-0.39, 0.29) is 11.9 Å². The molecule has 0 aliphatic carbocycles. The zero-order chi connectivity index (χ0) is 13.4.